The molecule has 0 radical (unpaired) electrons. The summed E-state index contributed by atoms with van der Waals surface area (Å²) in [4.78, 5) is 9.81. The molecule has 0 amide bonds. The first-order chi connectivity index (χ1) is 13.2. The first-order valence-electron chi connectivity index (χ1n) is 9.49. The van der Waals surface area contributed by atoms with E-state index in [0.29, 0.717) is 5.56 Å². The third kappa shape index (κ3) is 3.67. The number of rotatable bonds is 4. The Labute approximate surface area is 159 Å². The third-order valence-corrected chi connectivity index (χ3v) is 5.32. The minimum absolute atomic E-state index is 0.473. The van der Waals surface area contributed by atoms with Crippen LogP contribution in [0, 0.1) is 0 Å². The zero-order valence-corrected chi connectivity index (χ0v) is 15.5. The molecule has 2 N–H and O–H groups in total. The van der Waals surface area contributed by atoms with Crippen molar-refractivity contribution < 1.29 is 10.2 Å². The molecule has 4 rings (SSSR count). The van der Waals surface area contributed by atoms with Crippen molar-refractivity contribution in [1.29, 1.82) is 0 Å². The molecule has 0 spiro atoms. The number of likely N-dealkylation sites (N-methyl/N-ethyl adjacent to an activating group) is 1. The number of aromatic nitrogens is 1. The van der Waals surface area contributed by atoms with Crippen LogP contribution in [0.2, 0.25) is 0 Å². The van der Waals surface area contributed by atoms with Gasteiger partial charge in [-0.05, 0) is 24.1 Å². The van der Waals surface area contributed by atoms with Gasteiger partial charge in [-0.2, -0.15) is 0 Å². The third-order valence-electron chi connectivity index (χ3n) is 5.32. The van der Waals surface area contributed by atoms with Crippen LogP contribution in [0.5, 0.6) is 0 Å². The van der Waals surface area contributed by atoms with Gasteiger partial charge in [-0.15, -0.1) is 0 Å². The molecule has 0 atom stereocenters. The molecule has 2 aromatic carbocycles. The highest BCUT2D eigenvalue weighted by Crippen LogP contribution is 2.31. The Kier molecular flexibility index (Phi) is 5.07. The van der Waals surface area contributed by atoms with Crippen LogP contribution in [-0.2, 0) is 0 Å². The standard InChI is InChI=1S/C22H25N3O2/c1-2-24-10-12-25(13-11-24)21-19-9-4-3-6-16(19)15-20(23-21)17-7-5-8-18(14-17)22(26)27/h3-9,14-15,22,26-27H,2,10-13H2,1H3. The molecule has 0 aliphatic carbocycles. The second kappa shape index (κ2) is 7.64. The van der Waals surface area contributed by atoms with Gasteiger partial charge in [0.25, 0.3) is 0 Å². The van der Waals surface area contributed by atoms with E-state index in [0.717, 1.165) is 60.6 Å². The number of fused-ring (bicyclic) bond motifs is 1. The van der Waals surface area contributed by atoms with Gasteiger partial charge >= 0.3 is 0 Å². The maximum atomic E-state index is 9.50. The van der Waals surface area contributed by atoms with Crippen LogP contribution in [0.1, 0.15) is 18.8 Å². The summed E-state index contributed by atoms with van der Waals surface area (Å²) in [6, 6.07) is 17.7. The van der Waals surface area contributed by atoms with Crippen molar-refractivity contribution in [1.82, 2.24) is 9.88 Å². The maximum absolute atomic E-state index is 9.50. The first-order valence-corrected chi connectivity index (χ1v) is 9.49. The van der Waals surface area contributed by atoms with Crippen LogP contribution in [0.4, 0.5) is 5.82 Å². The Morgan fingerprint density at radius 1 is 0.963 bits per heavy atom. The summed E-state index contributed by atoms with van der Waals surface area (Å²) < 4.78 is 0. The van der Waals surface area contributed by atoms with Gasteiger partial charge in [0.1, 0.15) is 5.82 Å². The molecular formula is C22H25N3O2. The predicted molar refractivity (Wildman–Crippen MR) is 109 cm³/mol. The number of hydrogen-bond donors (Lipinski definition) is 2. The van der Waals surface area contributed by atoms with Crippen molar-refractivity contribution in [2.75, 3.05) is 37.6 Å². The minimum atomic E-state index is -1.48. The summed E-state index contributed by atoms with van der Waals surface area (Å²) in [5.74, 6) is 1.01. The number of benzene rings is 2. The van der Waals surface area contributed by atoms with Gasteiger partial charge in [0.05, 0.1) is 5.69 Å². The van der Waals surface area contributed by atoms with Crippen molar-refractivity contribution in [2.45, 2.75) is 13.2 Å². The molecule has 1 saturated heterocycles. The van der Waals surface area contributed by atoms with Crippen LogP contribution in [0.15, 0.2) is 54.6 Å². The smallest absolute Gasteiger partial charge is 0.178 e. The highest BCUT2D eigenvalue weighted by Gasteiger charge is 2.20. The largest absolute Gasteiger partial charge is 0.364 e. The number of anilines is 1. The molecule has 27 heavy (non-hydrogen) atoms. The summed E-state index contributed by atoms with van der Waals surface area (Å²) in [7, 11) is 0. The molecule has 3 aromatic rings. The summed E-state index contributed by atoms with van der Waals surface area (Å²) >= 11 is 0. The van der Waals surface area contributed by atoms with E-state index in [-0.39, 0.29) is 0 Å². The molecule has 0 saturated carbocycles. The van der Waals surface area contributed by atoms with E-state index in [4.69, 9.17) is 4.98 Å². The maximum Gasteiger partial charge on any atom is 0.178 e. The second-order valence-electron chi connectivity index (χ2n) is 6.97. The van der Waals surface area contributed by atoms with Crippen LogP contribution in [-0.4, -0.2) is 52.8 Å². The summed E-state index contributed by atoms with van der Waals surface area (Å²) in [5, 5.41) is 21.3. The number of piperazine rings is 1. The lowest BCUT2D eigenvalue weighted by molar-refractivity contribution is -0.0424. The molecule has 1 fully saturated rings. The molecule has 0 bridgehead atoms. The Balaban J connectivity index is 1.78. The molecule has 1 aliphatic rings. The molecule has 1 aliphatic heterocycles. The lowest BCUT2D eigenvalue weighted by atomic mass is 10.0. The average molecular weight is 363 g/mol. The van der Waals surface area contributed by atoms with E-state index in [1.54, 1.807) is 12.1 Å². The average Bonchev–Trinajstić information content (AvgIpc) is 2.73. The van der Waals surface area contributed by atoms with E-state index in [1.165, 1.54) is 0 Å². The van der Waals surface area contributed by atoms with Crippen molar-refractivity contribution in [3.05, 3.63) is 60.2 Å². The normalized spacial score (nSPS) is 15.6. The van der Waals surface area contributed by atoms with Crippen LogP contribution < -0.4 is 4.90 Å². The van der Waals surface area contributed by atoms with Gasteiger partial charge in [-0.1, -0.05) is 49.4 Å². The van der Waals surface area contributed by atoms with Crippen LogP contribution >= 0.6 is 0 Å². The lowest BCUT2D eigenvalue weighted by Gasteiger charge is -2.35. The van der Waals surface area contributed by atoms with Crippen LogP contribution in [0.3, 0.4) is 0 Å². The molecule has 1 aromatic heterocycles. The molecule has 2 heterocycles. The van der Waals surface area contributed by atoms with Crippen molar-refractivity contribution in [3.8, 4) is 11.3 Å². The highest BCUT2D eigenvalue weighted by molar-refractivity contribution is 5.95. The van der Waals surface area contributed by atoms with Gasteiger partial charge < -0.3 is 20.0 Å². The number of nitrogens with zero attached hydrogens (tertiary/aromatic N) is 3. The lowest BCUT2D eigenvalue weighted by Crippen LogP contribution is -2.46. The number of aliphatic hydroxyl groups is 2. The Morgan fingerprint density at radius 3 is 2.48 bits per heavy atom. The fraction of sp³-hybridized carbons (Fsp3) is 0.318. The fourth-order valence-electron chi connectivity index (χ4n) is 3.70. The SMILES string of the molecule is CCN1CCN(c2nc(-c3cccc(C(O)O)c3)cc3ccccc23)CC1. The molecule has 5 heteroatoms. The number of hydrogen-bond acceptors (Lipinski definition) is 5. The molecular weight excluding hydrogens is 338 g/mol. The highest BCUT2D eigenvalue weighted by atomic mass is 16.5. The van der Waals surface area contributed by atoms with E-state index in [2.05, 4.69) is 41.0 Å². The summed E-state index contributed by atoms with van der Waals surface area (Å²) in [6.45, 7) is 7.30. The zero-order chi connectivity index (χ0) is 18.8. The van der Waals surface area contributed by atoms with Gasteiger partial charge in [-0.3, -0.25) is 0 Å². The van der Waals surface area contributed by atoms with Crippen molar-refractivity contribution in [3.63, 3.8) is 0 Å². The topological polar surface area (TPSA) is 59.8 Å². The number of pyridine rings is 1. The van der Waals surface area contributed by atoms with Gasteiger partial charge in [0.2, 0.25) is 0 Å². The molecule has 0 unspecified atom stereocenters. The fourth-order valence-corrected chi connectivity index (χ4v) is 3.70. The first kappa shape index (κ1) is 17.9. The Morgan fingerprint density at radius 2 is 1.74 bits per heavy atom. The van der Waals surface area contributed by atoms with Crippen LogP contribution in [0.25, 0.3) is 22.0 Å². The zero-order valence-electron chi connectivity index (χ0n) is 15.5. The van der Waals surface area contributed by atoms with E-state index in [9.17, 15) is 10.2 Å². The van der Waals surface area contributed by atoms with E-state index >= 15 is 0 Å². The van der Waals surface area contributed by atoms with E-state index < -0.39 is 6.29 Å². The predicted octanol–water partition coefficient (Wildman–Crippen LogP) is 3.03. The Bertz CT molecular complexity index is 934. The van der Waals surface area contributed by atoms with Gasteiger partial charge in [0, 0.05) is 42.7 Å². The summed E-state index contributed by atoms with van der Waals surface area (Å²) in [6.07, 6.45) is -1.48. The second-order valence-corrected chi connectivity index (χ2v) is 6.97. The summed E-state index contributed by atoms with van der Waals surface area (Å²) in [5.41, 5.74) is 2.21. The molecule has 5 nitrogen and oxygen atoms in total. The number of aliphatic hydroxyl groups excluding tert-OH is 1. The van der Waals surface area contributed by atoms with Crippen molar-refractivity contribution in [2.24, 2.45) is 0 Å². The molecule has 140 valence electrons. The van der Waals surface area contributed by atoms with Gasteiger partial charge in [0.15, 0.2) is 6.29 Å². The Hall–Kier alpha value is -2.47. The minimum Gasteiger partial charge on any atom is -0.364 e. The monoisotopic (exact) mass is 363 g/mol. The quantitative estimate of drug-likeness (QED) is 0.698. The van der Waals surface area contributed by atoms with Crippen molar-refractivity contribution >= 4 is 16.6 Å². The van der Waals surface area contributed by atoms with Gasteiger partial charge in [-0.25, -0.2) is 4.98 Å². The van der Waals surface area contributed by atoms with E-state index in [1.807, 2.05) is 18.2 Å².